The molecular formula is C124H202O2S. The molecule has 0 amide bonds. The molecule has 0 heterocycles. The Labute approximate surface area is 791 Å². The topological polar surface area (TPSA) is 34.1 Å². The number of hydrogen-bond donors (Lipinski definition) is 0. The van der Waals surface area contributed by atoms with Gasteiger partial charge in [-0.1, -0.05) is 256 Å². The summed E-state index contributed by atoms with van der Waals surface area (Å²) < 4.78 is 45.4. The number of allylic oxidation sites excluding steroid dienone is 44. The van der Waals surface area contributed by atoms with Crippen molar-refractivity contribution in [2.45, 2.75) is 468 Å². The van der Waals surface area contributed by atoms with E-state index < -0.39 is 73.5 Å². The van der Waals surface area contributed by atoms with Crippen LogP contribution in [-0.4, -0.2) is 17.9 Å². The second-order valence-corrected chi connectivity index (χ2v) is 48.7. The van der Waals surface area contributed by atoms with Crippen molar-refractivity contribution < 1.29 is 8.42 Å². The highest BCUT2D eigenvalue weighted by Crippen LogP contribution is 2.93. The first-order valence-electron chi connectivity index (χ1n) is 49.9. The van der Waals surface area contributed by atoms with Gasteiger partial charge in [0, 0.05) is 21.7 Å². The SMILES string of the molecule is CC(C)=CCCC1(CC=C(C)C)C(CC=C(C)C)(CC=C(C)C)C(CC=C(C)C)(CC=C(C)C)C(CC=C(C)C)(S(=O)(=O)C2(CC=C(C)C)C(CC=C(C)C)(CC=C(C)C)C(CC=C(C)C)(CC=C(C)C)C(CC=C(C)C)(CCC=C(C)C)C(CC=C(C)C)(CC=C(C)C)C2(CC=C(C)C)CC=C(C)C)C(CC=C(C)C)(CC=C(C)C)C1(CC=C(C)C)CC=C(C)C. The quantitative estimate of drug-likeness (QED) is 0.0569. The molecule has 0 aromatic rings. The molecule has 0 radical (unpaired) electrons. The number of sulfone groups is 1. The van der Waals surface area contributed by atoms with Crippen LogP contribution in [0, 0.1) is 54.1 Å². The fourth-order valence-corrected chi connectivity index (χ4v) is 29.6. The summed E-state index contributed by atoms with van der Waals surface area (Å²) in [7, 11) is -5.28. The second-order valence-electron chi connectivity index (χ2n) is 46.3. The number of hydrogen-bond acceptors (Lipinski definition) is 2. The molecule has 2 fully saturated rings. The maximum Gasteiger partial charge on any atom is 0.164 e. The molecule has 2 aliphatic carbocycles. The Hall–Kier alpha value is -5.77. The zero-order chi connectivity index (χ0) is 97.7. The van der Waals surface area contributed by atoms with Gasteiger partial charge in [-0.25, -0.2) is 8.42 Å². The number of rotatable bonds is 48. The molecule has 2 saturated carbocycles. The maximum atomic E-state index is 24.5. The van der Waals surface area contributed by atoms with E-state index in [9.17, 15) is 0 Å². The third kappa shape index (κ3) is 26.0. The van der Waals surface area contributed by atoms with E-state index in [0.29, 0.717) is 103 Å². The van der Waals surface area contributed by atoms with Gasteiger partial charge in [-0.15, -0.1) is 0 Å². The predicted octanol–water partition coefficient (Wildman–Crippen LogP) is 40.4. The van der Waals surface area contributed by atoms with Gasteiger partial charge in [-0.3, -0.25) is 0 Å². The molecule has 0 aromatic carbocycles. The standard InChI is InChI=1S/C124H202O2S/c1-91(2)47-45-69-113(71-49-93(5)6)115(73-51-95(9)10,74-52-96(11)12)119(81-59-103(25)26,82-60-104(27)28)123(89-67-111(41)42,120(83-61-105(29)30,84-62-106(31)32)116(113,75-53-97(13)14)76-54-98(15)16)127(125,126)124(90-68-112(43)44)121(85-63-107(33)34,86-64-108(35)36)117(77-55-99(17)18,78-56-100(19)20)114(72-50-94(7)8,70-46-48-92(3)4)118(79-57-101(21)22,80-58-102(23)24)122(124,87-65-109(37)38)88-66-110(39)40/h47-68H,45-46,69-90H2,1-44H3. The van der Waals surface area contributed by atoms with E-state index in [0.717, 1.165) is 49.7 Å². The summed E-state index contributed by atoms with van der Waals surface area (Å²) in [5, 5.41) is 0. The molecule has 716 valence electrons. The van der Waals surface area contributed by atoms with Crippen LogP contribution in [0.15, 0.2) is 256 Å². The molecule has 0 saturated heterocycles. The van der Waals surface area contributed by atoms with Gasteiger partial charge in [0.2, 0.25) is 0 Å². The Morgan fingerprint density at radius 3 is 0.339 bits per heavy atom. The lowest BCUT2D eigenvalue weighted by Gasteiger charge is -2.87. The van der Waals surface area contributed by atoms with Crippen LogP contribution in [0.4, 0.5) is 0 Å². The zero-order valence-electron chi connectivity index (χ0n) is 91.9. The van der Waals surface area contributed by atoms with Crippen molar-refractivity contribution in [1.82, 2.24) is 0 Å². The van der Waals surface area contributed by atoms with E-state index in [1.54, 1.807) is 0 Å². The summed E-state index contributed by atoms with van der Waals surface area (Å²) in [6.45, 7) is 104. The van der Waals surface area contributed by atoms with Crippen molar-refractivity contribution in [2.24, 2.45) is 54.1 Å². The normalized spacial score (nSPS) is 20.3. The molecule has 2 aliphatic rings. The van der Waals surface area contributed by atoms with Crippen molar-refractivity contribution >= 4 is 9.84 Å². The molecule has 2 rings (SSSR count). The van der Waals surface area contributed by atoms with Crippen molar-refractivity contribution in [3.8, 4) is 0 Å². The highest BCUT2D eigenvalue weighted by atomic mass is 32.2. The van der Waals surface area contributed by atoms with E-state index >= 15 is 8.42 Å². The summed E-state index contributed by atoms with van der Waals surface area (Å²) in [4.78, 5) is 0. The minimum atomic E-state index is -5.28. The Morgan fingerprint density at radius 2 is 0.228 bits per heavy atom. The monoisotopic (exact) mass is 1760 g/mol. The highest BCUT2D eigenvalue weighted by Gasteiger charge is 2.93. The third-order valence-corrected chi connectivity index (χ3v) is 34.4. The van der Waals surface area contributed by atoms with E-state index in [4.69, 9.17) is 0 Å². The third-order valence-electron chi connectivity index (χ3n) is 30.6. The minimum Gasteiger partial charge on any atom is -0.228 e. The lowest BCUT2D eigenvalue weighted by Crippen LogP contribution is -2.89. The smallest absolute Gasteiger partial charge is 0.164 e. The van der Waals surface area contributed by atoms with Crippen LogP contribution in [0.1, 0.15) is 459 Å². The first-order valence-corrected chi connectivity index (χ1v) is 51.3. The molecule has 0 bridgehead atoms. The molecule has 2 nitrogen and oxygen atoms in total. The molecular weight excluding hydrogens is 1550 g/mol. The molecule has 127 heavy (non-hydrogen) atoms. The van der Waals surface area contributed by atoms with Crippen LogP contribution < -0.4 is 0 Å². The summed E-state index contributed by atoms with van der Waals surface area (Å²) in [6.07, 6.45) is 73.5. The first-order chi connectivity index (χ1) is 58.7. The average molecular weight is 1760 g/mol. The predicted molar refractivity (Wildman–Crippen MR) is 577 cm³/mol. The van der Waals surface area contributed by atoms with Crippen LogP contribution in [-0.2, 0) is 9.84 Å². The molecule has 3 heteroatoms. The summed E-state index contributed by atoms with van der Waals surface area (Å²) >= 11 is 0. The Balaban J connectivity index is 6.05. The molecule has 0 spiro atoms. The van der Waals surface area contributed by atoms with Gasteiger partial charge in [0.1, 0.15) is 0 Å². The maximum absolute atomic E-state index is 24.5. The lowest BCUT2D eigenvalue weighted by atomic mass is 9.22. The fourth-order valence-electron chi connectivity index (χ4n) is 24.9. The van der Waals surface area contributed by atoms with Gasteiger partial charge in [-0.2, -0.15) is 0 Å². The lowest BCUT2D eigenvalue weighted by molar-refractivity contribution is -0.303. The highest BCUT2D eigenvalue weighted by molar-refractivity contribution is 7.94. The fraction of sp³-hybridized carbons (Fsp3) is 0.645. The van der Waals surface area contributed by atoms with E-state index in [1.165, 1.54) is 111 Å². The van der Waals surface area contributed by atoms with E-state index in [2.05, 4.69) is 438 Å². The summed E-state index contributed by atoms with van der Waals surface area (Å²) in [5.41, 5.74) is 17.4. The molecule has 0 aliphatic heterocycles. The Kier molecular flexibility index (Phi) is 46.5. The van der Waals surface area contributed by atoms with E-state index in [1.807, 2.05) is 0 Å². The zero-order valence-corrected chi connectivity index (χ0v) is 92.7. The van der Waals surface area contributed by atoms with Gasteiger partial charge in [0.15, 0.2) is 9.84 Å². The molecule has 0 aromatic heterocycles. The van der Waals surface area contributed by atoms with Crippen LogP contribution >= 0.6 is 0 Å². The first kappa shape index (κ1) is 117. The van der Waals surface area contributed by atoms with Gasteiger partial charge in [-0.05, 0) is 491 Å². The van der Waals surface area contributed by atoms with Gasteiger partial charge in [0.25, 0.3) is 0 Å². The summed E-state index contributed by atoms with van der Waals surface area (Å²) in [6, 6.07) is 0. The van der Waals surface area contributed by atoms with Crippen LogP contribution in [0.5, 0.6) is 0 Å². The van der Waals surface area contributed by atoms with Crippen molar-refractivity contribution in [2.75, 3.05) is 0 Å². The largest absolute Gasteiger partial charge is 0.228 e. The Bertz CT molecular complexity index is 3800. The van der Waals surface area contributed by atoms with Crippen LogP contribution in [0.2, 0.25) is 0 Å². The van der Waals surface area contributed by atoms with Crippen molar-refractivity contribution in [1.29, 1.82) is 0 Å². The van der Waals surface area contributed by atoms with E-state index in [-0.39, 0.29) is 12.8 Å². The van der Waals surface area contributed by atoms with Gasteiger partial charge in [0.05, 0.1) is 9.49 Å². The Morgan fingerprint density at radius 1 is 0.134 bits per heavy atom. The van der Waals surface area contributed by atoms with Crippen LogP contribution in [0.25, 0.3) is 0 Å². The van der Waals surface area contributed by atoms with Crippen molar-refractivity contribution in [3.63, 3.8) is 0 Å². The van der Waals surface area contributed by atoms with Crippen molar-refractivity contribution in [3.05, 3.63) is 256 Å². The summed E-state index contributed by atoms with van der Waals surface area (Å²) in [5.74, 6) is 0. The molecule has 0 N–H and O–H groups in total. The second kappa shape index (κ2) is 50.4. The molecule has 0 atom stereocenters. The molecule has 0 unspecified atom stereocenters. The minimum absolute atomic E-state index is 0.286. The van der Waals surface area contributed by atoms with Gasteiger partial charge >= 0.3 is 0 Å². The average Bonchev–Trinajstić information content (AvgIpc) is 0.605. The van der Waals surface area contributed by atoms with Crippen LogP contribution in [0.3, 0.4) is 0 Å². The van der Waals surface area contributed by atoms with Gasteiger partial charge < -0.3 is 0 Å².